The molecule has 0 aliphatic rings. The van der Waals surface area contributed by atoms with Crippen molar-refractivity contribution in [1.82, 2.24) is 4.90 Å². The van der Waals surface area contributed by atoms with Gasteiger partial charge in [0.1, 0.15) is 5.75 Å². The van der Waals surface area contributed by atoms with Crippen LogP contribution >= 0.6 is 0 Å². The van der Waals surface area contributed by atoms with Crippen LogP contribution in [0.1, 0.15) is 11.1 Å². The van der Waals surface area contributed by atoms with Crippen molar-refractivity contribution in [3.63, 3.8) is 0 Å². The number of hydrogen-bond acceptors (Lipinski definition) is 5. The second kappa shape index (κ2) is 8.82. The number of nitrogens with zero attached hydrogens (tertiary/aromatic N) is 1. The maximum Gasteiger partial charge on any atom is 0.210 e. The van der Waals surface area contributed by atoms with Gasteiger partial charge in [-0.05, 0) is 41.8 Å². The average molecular weight is 345 g/mol. The van der Waals surface area contributed by atoms with Gasteiger partial charge in [0.15, 0.2) is 11.5 Å². The Kier molecular flexibility index (Phi) is 6.51. The van der Waals surface area contributed by atoms with Gasteiger partial charge in [0.25, 0.3) is 0 Å². The third-order valence-corrected chi connectivity index (χ3v) is 3.88. The number of carbonyl (C=O) groups excluding carboxylic acids is 1. The lowest BCUT2D eigenvalue weighted by atomic mass is 10.1. The highest BCUT2D eigenvalue weighted by Crippen LogP contribution is 2.38. The largest absolute Gasteiger partial charge is 0.508 e. The van der Waals surface area contributed by atoms with Crippen LogP contribution in [0.25, 0.3) is 0 Å². The number of carbonyl (C=O) groups is 1. The van der Waals surface area contributed by atoms with Gasteiger partial charge in [-0.25, -0.2) is 0 Å². The zero-order valence-corrected chi connectivity index (χ0v) is 14.7. The van der Waals surface area contributed by atoms with Crippen molar-refractivity contribution in [2.45, 2.75) is 13.0 Å². The topological polar surface area (TPSA) is 68.2 Å². The van der Waals surface area contributed by atoms with Gasteiger partial charge in [0.2, 0.25) is 12.2 Å². The summed E-state index contributed by atoms with van der Waals surface area (Å²) in [6.07, 6.45) is 1.52. The Labute approximate surface area is 147 Å². The van der Waals surface area contributed by atoms with E-state index in [1.807, 2.05) is 24.3 Å². The van der Waals surface area contributed by atoms with Crippen molar-refractivity contribution in [2.24, 2.45) is 0 Å². The van der Waals surface area contributed by atoms with Crippen molar-refractivity contribution in [2.75, 3.05) is 27.9 Å². The van der Waals surface area contributed by atoms with E-state index in [0.717, 1.165) is 17.5 Å². The van der Waals surface area contributed by atoms with E-state index in [0.29, 0.717) is 36.8 Å². The molecule has 0 saturated heterocycles. The molecule has 134 valence electrons. The Balaban J connectivity index is 2.09. The molecule has 0 radical (unpaired) electrons. The van der Waals surface area contributed by atoms with Crippen molar-refractivity contribution in [1.29, 1.82) is 0 Å². The molecule has 0 aliphatic heterocycles. The Hall–Kier alpha value is -2.89. The highest BCUT2D eigenvalue weighted by atomic mass is 16.5. The van der Waals surface area contributed by atoms with Crippen LogP contribution in [0.3, 0.4) is 0 Å². The quantitative estimate of drug-likeness (QED) is 0.708. The summed E-state index contributed by atoms with van der Waals surface area (Å²) >= 11 is 0. The van der Waals surface area contributed by atoms with Gasteiger partial charge in [-0.1, -0.05) is 12.1 Å². The van der Waals surface area contributed by atoms with Gasteiger partial charge in [-0.3, -0.25) is 4.79 Å². The molecular formula is C19H23NO5. The molecule has 1 amide bonds. The Morgan fingerprint density at radius 2 is 1.56 bits per heavy atom. The highest BCUT2D eigenvalue weighted by molar-refractivity contribution is 5.55. The van der Waals surface area contributed by atoms with Gasteiger partial charge < -0.3 is 24.2 Å². The molecule has 6 nitrogen and oxygen atoms in total. The van der Waals surface area contributed by atoms with E-state index in [4.69, 9.17) is 14.2 Å². The van der Waals surface area contributed by atoms with E-state index in [1.54, 1.807) is 38.4 Å². The summed E-state index contributed by atoms with van der Waals surface area (Å²) in [5.74, 6) is 1.87. The molecule has 0 fully saturated rings. The maximum atomic E-state index is 11.4. The van der Waals surface area contributed by atoms with Crippen molar-refractivity contribution < 1.29 is 24.1 Å². The standard InChI is InChI=1S/C19H23NO5/c1-23-17-10-15(11-18(24-2)19(17)25-3)12-20(13-21)9-8-14-4-6-16(22)7-5-14/h4-7,10-11,13,22H,8-9,12H2,1-3H3. The minimum atomic E-state index is 0.230. The van der Waals surface area contributed by atoms with E-state index < -0.39 is 0 Å². The molecule has 0 unspecified atom stereocenters. The number of phenolic OH excluding ortho intramolecular Hbond substituents is 1. The van der Waals surface area contributed by atoms with E-state index >= 15 is 0 Å². The number of amides is 1. The van der Waals surface area contributed by atoms with Crippen molar-refractivity contribution in [3.05, 3.63) is 47.5 Å². The molecule has 1 N–H and O–H groups in total. The van der Waals surface area contributed by atoms with Crippen LogP contribution < -0.4 is 14.2 Å². The van der Waals surface area contributed by atoms with Crippen molar-refractivity contribution in [3.8, 4) is 23.0 Å². The first-order chi connectivity index (χ1) is 12.1. The molecule has 0 bridgehead atoms. The zero-order chi connectivity index (χ0) is 18.2. The number of ether oxygens (including phenoxy) is 3. The molecule has 2 aromatic carbocycles. The Morgan fingerprint density at radius 3 is 2.04 bits per heavy atom. The molecule has 0 atom stereocenters. The van der Waals surface area contributed by atoms with E-state index in [-0.39, 0.29) is 5.75 Å². The van der Waals surface area contributed by atoms with Gasteiger partial charge >= 0.3 is 0 Å². The summed E-state index contributed by atoms with van der Waals surface area (Å²) in [4.78, 5) is 13.1. The molecule has 0 aromatic heterocycles. The van der Waals surface area contributed by atoms with Gasteiger partial charge in [0, 0.05) is 13.1 Å². The molecule has 6 heteroatoms. The first kappa shape index (κ1) is 18.4. The van der Waals surface area contributed by atoms with Crippen molar-refractivity contribution >= 4 is 6.41 Å². The molecular weight excluding hydrogens is 322 g/mol. The smallest absolute Gasteiger partial charge is 0.210 e. The predicted molar refractivity (Wildman–Crippen MR) is 94.4 cm³/mol. The molecule has 0 aliphatic carbocycles. The van der Waals surface area contributed by atoms with Gasteiger partial charge in [0.05, 0.1) is 21.3 Å². The van der Waals surface area contributed by atoms with E-state index in [1.165, 1.54) is 0 Å². The minimum Gasteiger partial charge on any atom is -0.508 e. The molecule has 0 saturated carbocycles. The minimum absolute atomic E-state index is 0.230. The first-order valence-corrected chi connectivity index (χ1v) is 7.87. The second-order valence-corrected chi connectivity index (χ2v) is 5.53. The van der Waals surface area contributed by atoms with Gasteiger partial charge in [-0.2, -0.15) is 0 Å². The maximum absolute atomic E-state index is 11.4. The number of phenols is 1. The molecule has 25 heavy (non-hydrogen) atoms. The fourth-order valence-corrected chi connectivity index (χ4v) is 2.57. The van der Waals surface area contributed by atoms with Crippen LogP contribution in [0.15, 0.2) is 36.4 Å². The molecule has 2 rings (SSSR count). The lowest BCUT2D eigenvalue weighted by molar-refractivity contribution is -0.118. The predicted octanol–water partition coefficient (Wildman–Crippen LogP) is 2.62. The highest BCUT2D eigenvalue weighted by Gasteiger charge is 2.14. The third kappa shape index (κ3) is 4.79. The lowest BCUT2D eigenvalue weighted by Gasteiger charge is -2.19. The van der Waals surface area contributed by atoms with Crippen LogP contribution in [0.2, 0.25) is 0 Å². The van der Waals surface area contributed by atoms with Crippen LogP contribution in [0, 0.1) is 0 Å². The summed E-state index contributed by atoms with van der Waals surface area (Å²) in [6.45, 7) is 0.989. The first-order valence-electron chi connectivity index (χ1n) is 7.87. The summed E-state index contributed by atoms with van der Waals surface area (Å²) in [5.41, 5.74) is 1.93. The number of aromatic hydroxyl groups is 1. The van der Waals surface area contributed by atoms with Crippen LogP contribution in [0.5, 0.6) is 23.0 Å². The summed E-state index contributed by atoms with van der Waals surface area (Å²) in [7, 11) is 4.67. The van der Waals surface area contributed by atoms with E-state index in [9.17, 15) is 9.90 Å². The summed E-state index contributed by atoms with van der Waals surface area (Å²) < 4.78 is 16.0. The lowest BCUT2D eigenvalue weighted by Crippen LogP contribution is -2.24. The monoisotopic (exact) mass is 345 g/mol. The zero-order valence-electron chi connectivity index (χ0n) is 14.7. The molecule has 0 heterocycles. The van der Waals surface area contributed by atoms with Crippen LogP contribution in [0.4, 0.5) is 0 Å². The fraction of sp³-hybridized carbons (Fsp3) is 0.316. The number of rotatable bonds is 9. The molecule has 0 spiro atoms. The fourth-order valence-electron chi connectivity index (χ4n) is 2.57. The summed E-state index contributed by atoms with van der Waals surface area (Å²) in [5, 5.41) is 9.32. The van der Waals surface area contributed by atoms with E-state index in [2.05, 4.69) is 0 Å². The Morgan fingerprint density at radius 1 is 0.960 bits per heavy atom. The van der Waals surface area contributed by atoms with Crippen LogP contribution in [-0.2, 0) is 17.8 Å². The number of benzene rings is 2. The second-order valence-electron chi connectivity index (χ2n) is 5.53. The third-order valence-electron chi connectivity index (χ3n) is 3.88. The molecule has 2 aromatic rings. The average Bonchev–Trinajstić information content (AvgIpc) is 2.65. The van der Waals surface area contributed by atoms with Crippen LogP contribution in [-0.4, -0.2) is 44.3 Å². The Bertz CT molecular complexity index is 674. The van der Waals surface area contributed by atoms with Gasteiger partial charge in [-0.15, -0.1) is 0 Å². The summed E-state index contributed by atoms with van der Waals surface area (Å²) in [6, 6.07) is 10.6. The number of methoxy groups -OCH3 is 3. The normalized spacial score (nSPS) is 10.2. The SMILES string of the molecule is COc1cc(CN(C=O)CCc2ccc(O)cc2)cc(OC)c1OC. The number of hydrogen-bond donors (Lipinski definition) is 1.